The summed E-state index contributed by atoms with van der Waals surface area (Å²) in [6, 6.07) is 0.658. The van der Waals surface area contributed by atoms with Crippen molar-refractivity contribution in [1.82, 2.24) is 16.0 Å². The molecule has 1 rings (SSSR count). The zero-order chi connectivity index (χ0) is 12.0. The SMILES string of the molecule is CCC(C)NC(=O)CCNC1=NCC(C)N1. The predicted molar refractivity (Wildman–Crippen MR) is 65.4 cm³/mol. The summed E-state index contributed by atoms with van der Waals surface area (Å²) < 4.78 is 0. The van der Waals surface area contributed by atoms with Gasteiger partial charge in [0.15, 0.2) is 5.96 Å². The van der Waals surface area contributed by atoms with Crippen molar-refractivity contribution in [1.29, 1.82) is 0 Å². The maximum absolute atomic E-state index is 11.4. The van der Waals surface area contributed by atoms with Crippen LogP contribution in [0.4, 0.5) is 0 Å². The molecule has 5 heteroatoms. The molecule has 2 atom stereocenters. The van der Waals surface area contributed by atoms with Gasteiger partial charge in [-0.25, -0.2) is 0 Å². The number of carbonyl (C=O) groups is 1. The molecule has 0 aliphatic carbocycles. The van der Waals surface area contributed by atoms with Crippen LogP contribution in [0, 0.1) is 0 Å². The van der Waals surface area contributed by atoms with Crippen molar-refractivity contribution >= 4 is 11.9 Å². The third-order valence-corrected chi connectivity index (χ3v) is 2.57. The van der Waals surface area contributed by atoms with E-state index in [1.807, 2.05) is 6.92 Å². The molecular formula is C11H22N4O. The molecule has 0 saturated carbocycles. The molecule has 16 heavy (non-hydrogen) atoms. The minimum atomic E-state index is 0.0912. The molecule has 1 aliphatic rings. The van der Waals surface area contributed by atoms with Gasteiger partial charge in [0.25, 0.3) is 0 Å². The van der Waals surface area contributed by atoms with E-state index in [1.165, 1.54) is 0 Å². The van der Waals surface area contributed by atoms with Gasteiger partial charge < -0.3 is 16.0 Å². The second-order valence-corrected chi connectivity index (χ2v) is 4.29. The molecule has 92 valence electrons. The summed E-state index contributed by atoms with van der Waals surface area (Å²) in [7, 11) is 0. The molecule has 0 fully saturated rings. The zero-order valence-electron chi connectivity index (χ0n) is 10.3. The van der Waals surface area contributed by atoms with Crippen LogP contribution in [0.3, 0.4) is 0 Å². The van der Waals surface area contributed by atoms with Gasteiger partial charge in [-0.3, -0.25) is 9.79 Å². The van der Waals surface area contributed by atoms with Crippen molar-refractivity contribution in [2.45, 2.75) is 45.7 Å². The van der Waals surface area contributed by atoms with Gasteiger partial charge in [0.2, 0.25) is 5.91 Å². The highest BCUT2D eigenvalue weighted by molar-refractivity contribution is 5.82. The van der Waals surface area contributed by atoms with Gasteiger partial charge in [-0.05, 0) is 20.3 Å². The van der Waals surface area contributed by atoms with Crippen LogP contribution in [-0.4, -0.2) is 37.0 Å². The predicted octanol–water partition coefficient (Wildman–Crippen LogP) is 0.229. The topological polar surface area (TPSA) is 65.5 Å². The summed E-state index contributed by atoms with van der Waals surface area (Å²) in [5.41, 5.74) is 0. The van der Waals surface area contributed by atoms with E-state index in [2.05, 4.69) is 34.8 Å². The van der Waals surface area contributed by atoms with Crippen LogP contribution in [0.1, 0.15) is 33.6 Å². The molecule has 3 N–H and O–H groups in total. The lowest BCUT2D eigenvalue weighted by Crippen LogP contribution is -2.40. The number of guanidine groups is 1. The summed E-state index contributed by atoms with van der Waals surface area (Å²) in [6.45, 7) is 7.58. The smallest absolute Gasteiger partial charge is 0.221 e. The number of hydrogen-bond acceptors (Lipinski definition) is 4. The van der Waals surface area contributed by atoms with Crippen LogP contribution in [0.15, 0.2) is 4.99 Å². The van der Waals surface area contributed by atoms with Gasteiger partial charge in [0, 0.05) is 25.0 Å². The lowest BCUT2D eigenvalue weighted by molar-refractivity contribution is -0.121. The molecule has 2 unspecified atom stereocenters. The Morgan fingerprint density at radius 1 is 1.69 bits per heavy atom. The third-order valence-electron chi connectivity index (χ3n) is 2.57. The van der Waals surface area contributed by atoms with Crippen LogP contribution in [0.25, 0.3) is 0 Å². The quantitative estimate of drug-likeness (QED) is 0.628. The summed E-state index contributed by atoms with van der Waals surface area (Å²) >= 11 is 0. The minimum absolute atomic E-state index is 0.0912. The Morgan fingerprint density at radius 3 is 3.00 bits per heavy atom. The van der Waals surface area contributed by atoms with Crippen LogP contribution in [-0.2, 0) is 4.79 Å². The highest BCUT2D eigenvalue weighted by Gasteiger charge is 2.12. The Hall–Kier alpha value is -1.26. The van der Waals surface area contributed by atoms with Crippen LogP contribution < -0.4 is 16.0 Å². The first kappa shape index (κ1) is 12.8. The first-order chi connectivity index (χ1) is 7.61. The van der Waals surface area contributed by atoms with Crippen LogP contribution in [0.5, 0.6) is 0 Å². The maximum atomic E-state index is 11.4. The van der Waals surface area contributed by atoms with Crippen molar-refractivity contribution < 1.29 is 4.79 Å². The molecule has 0 bridgehead atoms. The Balaban J connectivity index is 2.09. The number of nitrogens with zero attached hydrogens (tertiary/aromatic N) is 1. The molecule has 0 aromatic rings. The number of hydrogen-bond donors (Lipinski definition) is 3. The number of carbonyl (C=O) groups excluding carboxylic acids is 1. The fourth-order valence-electron chi connectivity index (χ4n) is 1.40. The summed E-state index contributed by atoms with van der Waals surface area (Å²) in [4.78, 5) is 15.7. The summed E-state index contributed by atoms with van der Waals surface area (Å²) in [6.07, 6.45) is 1.45. The first-order valence-electron chi connectivity index (χ1n) is 5.96. The Labute approximate surface area is 97.1 Å². The average Bonchev–Trinajstić information content (AvgIpc) is 2.64. The highest BCUT2D eigenvalue weighted by Crippen LogP contribution is 1.92. The van der Waals surface area contributed by atoms with Crippen molar-refractivity contribution in [3.63, 3.8) is 0 Å². The van der Waals surface area contributed by atoms with E-state index >= 15 is 0 Å². The highest BCUT2D eigenvalue weighted by atomic mass is 16.1. The molecular weight excluding hydrogens is 204 g/mol. The second-order valence-electron chi connectivity index (χ2n) is 4.29. The Morgan fingerprint density at radius 2 is 2.44 bits per heavy atom. The molecule has 5 nitrogen and oxygen atoms in total. The molecule has 0 radical (unpaired) electrons. The Bertz CT molecular complexity index is 265. The molecule has 1 aliphatic heterocycles. The third kappa shape index (κ3) is 4.51. The molecule has 0 spiro atoms. The lowest BCUT2D eigenvalue weighted by atomic mass is 10.2. The minimum Gasteiger partial charge on any atom is -0.356 e. The van der Waals surface area contributed by atoms with Gasteiger partial charge in [-0.1, -0.05) is 6.92 Å². The molecule has 0 saturated heterocycles. The molecule has 1 amide bonds. The molecule has 0 aromatic carbocycles. The van der Waals surface area contributed by atoms with Gasteiger partial charge in [0.05, 0.1) is 6.54 Å². The fourth-order valence-corrected chi connectivity index (χ4v) is 1.40. The van der Waals surface area contributed by atoms with Crippen molar-refractivity contribution in [2.24, 2.45) is 4.99 Å². The van der Waals surface area contributed by atoms with Gasteiger partial charge in [0.1, 0.15) is 0 Å². The normalized spacial score (nSPS) is 20.9. The van der Waals surface area contributed by atoms with Crippen LogP contribution in [0.2, 0.25) is 0 Å². The van der Waals surface area contributed by atoms with Gasteiger partial charge in [-0.2, -0.15) is 0 Å². The second kappa shape index (κ2) is 6.35. The van der Waals surface area contributed by atoms with Crippen molar-refractivity contribution in [3.05, 3.63) is 0 Å². The van der Waals surface area contributed by atoms with E-state index in [-0.39, 0.29) is 11.9 Å². The number of nitrogens with one attached hydrogen (secondary N) is 3. The zero-order valence-corrected chi connectivity index (χ0v) is 10.3. The molecule has 0 aromatic heterocycles. The van der Waals surface area contributed by atoms with E-state index < -0.39 is 0 Å². The summed E-state index contributed by atoms with van der Waals surface area (Å²) in [5.74, 6) is 0.900. The summed E-state index contributed by atoms with van der Waals surface area (Å²) in [5, 5.41) is 9.22. The van der Waals surface area contributed by atoms with Crippen molar-refractivity contribution in [3.8, 4) is 0 Å². The molecule has 1 heterocycles. The largest absolute Gasteiger partial charge is 0.356 e. The monoisotopic (exact) mass is 226 g/mol. The van der Waals surface area contributed by atoms with E-state index in [1.54, 1.807) is 0 Å². The standard InChI is InChI=1S/C11H22N4O/c1-4-8(2)14-10(16)5-6-12-11-13-7-9(3)15-11/h8-9H,4-7H2,1-3H3,(H,14,16)(H2,12,13,15). The van der Waals surface area contributed by atoms with Gasteiger partial charge >= 0.3 is 0 Å². The van der Waals surface area contributed by atoms with E-state index in [4.69, 9.17) is 0 Å². The fraction of sp³-hybridized carbons (Fsp3) is 0.818. The first-order valence-corrected chi connectivity index (χ1v) is 5.96. The lowest BCUT2D eigenvalue weighted by Gasteiger charge is -2.12. The van der Waals surface area contributed by atoms with E-state index in [9.17, 15) is 4.79 Å². The van der Waals surface area contributed by atoms with E-state index in [0.717, 1.165) is 18.9 Å². The number of amides is 1. The number of rotatable bonds is 5. The average molecular weight is 226 g/mol. The van der Waals surface area contributed by atoms with Crippen molar-refractivity contribution in [2.75, 3.05) is 13.1 Å². The number of aliphatic imine (C=N–C) groups is 1. The van der Waals surface area contributed by atoms with Crippen LogP contribution >= 0.6 is 0 Å². The Kier molecular flexibility index (Phi) is 5.08. The maximum Gasteiger partial charge on any atom is 0.221 e. The van der Waals surface area contributed by atoms with E-state index in [0.29, 0.717) is 19.0 Å². The van der Waals surface area contributed by atoms with Gasteiger partial charge in [-0.15, -0.1) is 0 Å².